The van der Waals surface area contributed by atoms with Crippen molar-refractivity contribution in [3.05, 3.63) is 36.0 Å². The Morgan fingerprint density at radius 2 is 1.95 bits per heavy atom. The molecule has 1 aliphatic heterocycles. The fourth-order valence-electron chi connectivity index (χ4n) is 2.93. The zero-order valence-corrected chi connectivity index (χ0v) is 12.0. The summed E-state index contributed by atoms with van der Waals surface area (Å²) in [6.07, 6.45) is 0.446. The summed E-state index contributed by atoms with van der Waals surface area (Å²) >= 11 is 0. The highest BCUT2D eigenvalue weighted by Gasteiger charge is 2.24. The molecule has 4 nitrogen and oxygen atoms in total. The third-order valence-corrected chi connectivity index (χ3v) is 3.70. The molecule has 3 rings (SSSR count). The topological polar surface area (TPSA) is 51.4 Å². The van der Waals surface area contributed by atoms with Crippen molar-refractivity contribution in [3.63, 3.8) is 0 Å². The Hall–Kier alpha value is -1.65. The number of fused-ring (bicyclic) bond motifs is 1. The molecular weight excluding hydrogens is 250 g/mol. The highest BCUT2D eigenvalue weighted by molar-refractivity contribution is 5.92. The SMILES string of the molecule is C[C@@H]1CN(c2nc(CN)cc3ccccc23)C[C@H](C)O1. The van der Waals surface area contributed by atoms with Crippen LogP contribution in [0.4, 0.5) is 5.82 Å². The minimum Gasteiger partial charge on any atom is -0.372 e. The van der Waals surface area contributed by atoms with Crippen molar-refractivity contribution < 1.29 is 4.74 Å². The van der Waals surface area contributed by atoms with Crippen molar-refractivity contribution in [3.8, 4) is 0 Å². The Bertz CT molecular complexity index is 604. The molecule has 2 atom stereocenters. The van der Waals surface area contributed by atoms with Gasteiger partial charge in [0.25, 0.3) is 0 Å². The first kappa shape index (κ1) is 13.3. The van der Waals surface area contributed by atoms with Crippen LogP contribution in [0.2, 0.25) is 0 Å². The van der Waals surface area contributed by atoms with E-state index >= 15 is 0 Å². The quantitative estimate of drug-likeness (QED) is 0.910. The summed E-state index contributed by atoms with van der Waals surface area (Å²) < 4.78 is 5.81. The average Bonchev–Trinajstić information content (AvgIpc) is 2.45. The number of anilines is 1. The van der Waals surface area contributed by atoms with Crippen LogP contribution in [-0.2, 0) is 11.3 Å². The van der Waals surface area contributed by atoms with E-state index in [1.807, 2.05) is 0 Å². The number of ether oxygens (including phenoxy) is 1. The maximum atomic E-state index is 5.81. The number of morpholine rings is 1. The van der Waals surface area contributed by atoms with Gasteiger partial charge in [-0.3, -0.25) is 0 Å². The molecule has 0 spiro atoms. The van der Waals surface area contributed by atoms with Gasteiger partial charge in [0, 0.05) is 25.0 Å². The van der Waals surface area contributed by atoms with Crippen molar-refractivity contribution in [2.75, 3.05) is 18.0 Å². The van der Waals surface area contributed by atoms with E-state index in [1.54, 1.807) is 0 Å². The molecule has 1 saturated heterocycles. The number of nitrogens with two attached hydrogens (primary N) is 1. The summed E-state index contributed by atoms with van der Waals surface area (Å²) in [6, 6.07) is 10.4. The van der Waals surface area contributed by atoms with Gasteiger partial charge in [-0.2, -0.15) is 0 Å². The molecule has 1 aliphatic rings. The lowest BCUT2D eigenvalue weighted by molar-refractivity contribution is -0.00537. The van der Waals surface area contributed by atoms with E-state index in [4.69, 9.17) is 15.5 Å². The maximum absolute atomic E-state index is 5.81. The highest BCUT2D eigenvalue weighted by atomic mass is 16.5. The van der Waals surface area contributed by atoms with Crippen molar-refractivity contribution in [2.24, 2.45) is 5.73 Å². The molecule has 2 heterocycles. The van der Waals surface area contributed by atoms with Crippen LogP contribution in [0.15, 0.2) is 30.3 Å². The predicted molar refractivity (Wildman–Crippen MR) is 81.9 cm³/mol. The molecule has 20 heavy (non-hydrogen) atoms. The number of hydrogen-bond acceptors (Lipinski definition) is 4. The van der Waals surface area contributed by atoms with Crippen LogP contribution in [0.25, 0.3) is 10.8 Å². The number of pyridine rings is 1. The van der Waals surface area contributed by atoms with Crippen LogP contribution in [0.3, 0.4) is 0 Å². The number of rotatable bonds is 2. The second kappa shape index (κ2) is 5.38. The molecule has 2 aromatic rings. The molecule has 1 fully saturated rings. The summed E-state index contributed by atoms with van der Waals surface area (Å²) in [5, 5.41) is 2.38. The number of aromatic nitrogens is 1. The van der Waals surface area contributed by atoms with Crippen LogP contribution in [0, 0.1) is 0 Å². The van der Waals surface area contributed by atoms with Crippen molar-refractivity contribution in [1.29, 1.82) is 0 Å². The lowest BCUT2D eigenvalue weighted by Gasteiger charge is -2.36. The van der Waals surface area contributed by atoms with Crippen molar-refractivity contribution in [1.82, 2.24) is 4.98 Å². The zero-order valence-electron chi connectivity index (χ0n) is 12.0. The largest absolute Gasteiger partial charge is 0.372 e. The third-order valence-electron chi connectivity index (χ3n) is 3.70. The van der Waals surface area contributed by atoms with Gasteiger partial charge in [0.05, 0.1) is 17.9 Å². The van der Waals surface area contributed by atoms with Gasteiger partial charge in [0.15, 0.2) is 0 Å². The molecule has 0 unspecified atom stereocenters. The Kier molecular flexibility index (Phi) is 3.59. The maximum Gasteiger partial charge on any atom is 0.136 e. The number of hydrogen-bond donors (Lipinski definition) is 1. The van der Waals surface area contributed by atoms with E-state index in [1.165, 1.54) is 10.8 Å². The lowest BCUT2D eigenvalue weighted by atomic mass is 10.1. The summed E-state index contributed by atoms with van der Waals surface area (Å²) in [7, 11) is 0. The van der Waals surface area contributed by atoms with Crippen molar-refractivity contribution >= 4 is 16.6 Å². The molecule has 0 saturated carbocycles. The van der Waals surface area contributed by atoms with Crippen LogP contribution >= 0.6 is 0 Å². The molecule has 0 amide bonds. The van der Waals surface area contributed by atoms with E-state index in [-0.39, 0.29) is 12.2 Å². The smallest absolute Gasteiger partial charge is 0.136 e. The zero-order chi connectivity index (χ0) is 14.1. The van der Waals surface area contributed by atoms with E-state index in [0.717, 1.165) is 24.6 Å². The van der Waals surface area contributed by atoms with Crippen molar-refractivity contribution in [2.45, 2.75) is 32.6 Å². The second-order valence-electron chi connectivity index (χ2n) is 5.52. The summed E-state index contributed by atoms with van der Waals surface area (Å²) in [5.41, 5.74) is 6.72. The minimum atomic E-state index is 0.223. The standard InChI is InChI=1S/C16H21N3O/c1-11-9-19(10-12(2)20-11)16-15-6-4-3-5-13(15)7-14(8-17)18-16/h3-7,11-12H,8-10,17H2,1-2H3/t11-,12+. The molecule has 106 valence electrons. The first-order chi connectivity index (χ1) is 9.67. The van der Waals surface area contributed by atoms with Gasteiger partial charge in [0.1, 0.15) is 5.82 Å². The average molecular weight is 271 g/mol. The Balaban J connectivity index is 2.09. The van der Waals surface area contributed by atoms with Gasteiger partial charge in [0.2, 0.25) is 0 Å². The molecule has 0 radical (unpaired) electrons. The predicted octanol–water partition coefficient (Wildman–Crippen LogP) is 2.31. The van der Waals surface area contributed by atoms with Gasteiger partial charge in [-0.1, -0.05) is 24.3 Å². The Morgan fingerprint density at radius 3 is 2.65 bits per heavy atom. The van der Waals surface area contributed by atoms with Gasteiger partial charge in [-0.05, 0) is 25.3 Å². The molecule has 1 aromatic heterocycles. The van der Waals surface area contributed by atoms with Gasteiger partial charge >= 0.3 is 0 Å². The fraction of sp³-hybridized carbons (Fsp3) is 0.438. The lowest BCUT2D eigenvalue weighted by Crippen LogP contribution is -2.46. The summed E-state index contributed by atoms with van der Waals surface area (Å²) in [6.45, 7) is 6.42. The van der Waals surface area contributed by atoms with Gasteiger partial charge < -0.3 is 15.4 Å². The Morgan fingerprint density at radius 1 is 1.25 bits per heavy atom. The number of benzene rings is 1. The fourth-order valence-corrected chi connectivity index (χ4v) is 2.93. The summed E-state index contributed by atoms with van der Waals surface area (Å²) in [4.78, 5) is 7.08. The molecule has 1 aromatic carbocycles. The van der Waals surface area contributed by atoms with Gasteiger partial charge in [-0.25, -0.2) is 4.98 Å². The van der Waals surface area contributed by atoms with E-state index < -0.39 is 0 Å². The highest BCUT2D eigenvalue weighted by Crippen LogP contribution is 2.28. The Labute approximate surface area is 119 Å². The molecule has 2 N–H and O–H groups in total. The molecule has 0 aliphatic carbocycles. The first-order valence-corrected chi connectivity index (χ1v) is 7.16. The van der Waals surface area contributed by atoms with Crippen LogP contribution in [0.5, 0.6) is 0 Å². The first-order valence-electron chi connectivity index (χ1n) is 7.16. The third kappa shape index (κ3) is 2.49. The van der Waals surface area contributed by atoms with E-state index in [0.29, 0.717) is 6.54 Å². The van der Waals surface area contributed by atoms with Crippen LogP contribution < -0.4 is 10.6 Å². The van der Waals surface area contributed by atoms with Gasteiger partial charge in [-0.15, -0.1) is 0 Å². The number of nitrogens with zero attached hydrogens (tertiary/aromatic N) is 2. The normalized spacial score (nSPS) is 23.2. The van der Waals surface area contributed by atoms with E-state index in [9.17, 15) is 0 Å². The molecular formula is C16H21N3O. The second-order valence-corrected chi connectivity index (χ2v) is 5.52. The van der Waals surface area contributed by atoms with E-state index in [2.05, 4.69) is 49.1 Å². The molecule has 0 bridgehead atoms. The summed E-state index contributed by atoms with van der Waals surface area (Å²) in [5.74, 6) is 1.03. The minimum absolute atomic E-state index is 0.223. The van der Waals surface area contributed by atoms with Crippen LogP contribution in [-0.4, -0.2) is 30.3 Å². The van der Waals surface area contributed by atoms with Crippen LogP contribution in [0.1, 0.15) is 19.5 Å². The monoisotopic (exact) mass is 271 g/mol. The molecule has 4 heteroatoms.